The fourth-order valence-electron chi connectivity index (χ4n) is 2.30. The van der Waals surface area contributed by atoms with Crippen LogP contribution in [0, 0.1) is 17.0 Å². The number of rotatable bonds is 5. The minimum absolute atomic E-state index is 0.0664. The summed E-state index contributed by atoms with van der Waals surface area (Å²) >= 11 is 0. The molecule has 2 rings (SSSR count). The van der Waals surface area contributed by atoms with Crippen LogP contribution in [0.1, 0.15) is 22.7 Å². The molecule has 0 bridgehead atoms. The van der Waals surface area contributed by atoms with Crippen LogP contribution in [0.25, 0.3) is 0 Å². The molecule has 0 aliphatic rings. The van der Waals surface area contributed by atoms with E-state index in [0.29, 0.717) is 6.42 Å². The molecule has 5 nitrogen and oxygen atoms in total. The number of benzene rings is 2. The molecule has 0 aliphatic carbocycles. The summed E-state index contributed by atoms with van der Waals surface area (Å²) in [5, 5.41) is 10.9. The molecule has 1 atom stereocenters. The van der Waals surface area contributed by atoms with E-state index in [1.165, 1.54) is 6.07 Å². The maximum atomic E-state index is 10.9. The lowest BCUT2D eigenvalue weighted by Crippen LogP contribution is -2.15. The Kier molecular flexibility index (Phi) is 4.55. The van der Waals surface area contributed by atoms with Gasteiger partial charge in [-0.15, -0.1) is 0 Å². The number of ether oxygens (including phenoxy) is 1. The van der Waals surface area contributed by atoms with Gasteiger partial charge in [0.25, 0.3) is 5.69 Å². The molecule has 0 spiro atoms. The van der Waals surface area contributed by atoms with Crippen LogP contribution in [-0.2, 0) is 6.42 Å². The summed E-state index contributed by atoms with van der Waals surface area (Å²) < 4.78 is 5.19. The van der Waals surface area contributed by atoms with Crippen LogP contribution in [0.5, 0.6) is 5.75 Å². The highest BCUT2D eigenvalue weighted by atomic mass is 16.6. The summed E-state index contributed by atoms with van der Waals surface area (Å²) in [5.74, 6) is 0.774. The summed E-state index contributed by atoms with van der Waals surface area (Å²) in [6, 6.07) is 12.2. The zero-order chi connectivity index (χ0) is 15.4. The lowest BCUT2D eigenvalue weighted by Gasteiger charge is -2.15. The topological polar surface area (TPSA) is 78.4 Å². The van der Waals surface area contributed by atoms with E-state index in [9.17, 15) is 10.1 Å². The van der Waals surface area contributed by atoms with Crippen molar-refractivity contribution in [2.75, 3.05) is 7.11 Å². The van der Waals surface area contributed by atoms with Crippen LogP contribution in [0.15, 0.2) is 42.5 Å². The van der Waals surface area contributed by atoms with Gasteiger partial charge in [0.05, 0.1) is 12.0 Å². The molecule has 2 aromatic carbocycles. The second kappa shape index (κ2) is 6.37. The summed E-state index contributed by atoms with van der Waals surface area (Å²) in [6.45, 7) is 1.91. The fourth-order valence-corrected chi connectivity index (χ4v) is 2.30. The van der Waals surface area contributed by atoms with Gasteiger partial charge in [-0.25, -0.2) is 0 Å². The van der Waals surface area contributed by atoms with E-state index >= 15 is 0 Å². The van der Waals surface area contributed by atoms with Gasteiger partial charge in [-0.2, -0.15) is 0 Å². The van der Waals surface area contributed by atoms with E-state index in [1.54, 1.807) is 19.2 Å². The number of hydrogen-bond acceptors (Lipinski definition) is 4. The molecule has 0 radical (unpaired) electrons. The van der Waals surface area contributed by atoms with E-state index in [4.69, 9.17) is 10.5 Å². The molecule has 2 N–H and O–H groups in total. The third-order valence-corrected chi connectivity index (χ3v) is 3.46. The van der Waals surface area contributed by atoms with E-state index in [-0.39, 0.29) is 11.7 Å². The minimum Gasteiger partial charge on any atom is -0.497 e. The maximum absolute atomic E-state index is 10.9. The van der Waals surface area contributed by atoms with Crippen LogP contribution in [0.4, 0.5) is 5.69 Å². The molecule has 0 saturated carbocycles. The molecule has 0 aromatic heterocycles. The van der Waals surface area contributed by atoms with Crippen molar-refractivity contribution in [2.45, 2.75) is 19.4 Å². The van der Waals surface area contributed by atoms with Crippen molar-refractivity contribution in [3.8, 4) is 5.75 Å². The van der Waals surface area contributed by atoms with Gasteiger partial charge in [-0.05, 0) is 42.2 Å². The summed E-state index contributed by atoms with van der Waals surface area (Å²) in [6.07, 6.45) is 0.596. The lowest BCUT2D eigenvalue weighted by molar-refractivity contribution is -0.384. The monoisotopic (exact) mass is 286 g/mol. The van der Waals surface area contributed by atoms with Gasteiger partial charge in [-0.1, -0.05) is 18.2 Å². The average molecular weight is 286 g/mol. The van der Waals surface area contributed by atoms with Gasteiger partial charge >= 0.3 is 0 Å². The van der Waals surface area contributed by atoms with E-state index in [1.807, 2.05) is 31.2 Å². The summed E-state index contributed by atoms with van der Waals surface area (Å²) in [7, 11) is 1.61. The molecule has 0 fully saturated rings. The molecule has 0 heterocycles. The Morgan fingerprint density at radius 1 is 1.29 bits per heavy atom. The van der Waals surface area contributed by atoms with Gasteiger partial charge in [0.2, 0.25) is 0 Å². The quantitative estimate of drug-likeness (QED) is 0.676. The summed E-state index contributed by atoms with van der Waals surface area (Å²) in [5.41, 5.74) is 9.08. The Labute approximate surface area is 123 Å². The highest BCUT2D eigenvalue weighted by Crippen LogP contribution is 2.25. The van der Waals surface area contributed by atoms with Crippen LogP contribution in [0.3, 0.4) is 0 Å². The third kappa shape index (κ3) is 3.58. The SMILES string of the molecule is COc1cccc(CC(N)c2cc([N+](=O)[O-])ccc2C)c1. The number of nitrogens with zero attached hydrogens (tertiary/aromatic N) is 1. The van der Waals surface area contributed by atoms with Crippen molar-refractivity contribution in [1.82, 2.24) is 0 Å². The van der Waals surface area contributed by atoms with Crippen LogP contribution in [0.2, 0.25) is 0 Å². The maximum Gasteiger partial charge on any atom is 0.269 e. The highest BCUT2D eigenvalue weighted by Gasteiger charge is 2.15. The van der Waals surface area contributed by atoms with Crippen LogP contribution in [-0.4, -0.2) is 12.0 Å². The van der Waals surface area contributed by atoms with Crippen molar-refractivity contribution in [3.05, 3.63) is 69.3 Å². The van der Waals surface area contributed by atoms with Gasteiger partial charge in [0, 0.05) is 18.2 Å². The summed E-state index contributed by atoms with van der Waals surface area (Å²) in [4.78, 5) is 10.5. The lowest BCUT2D eigenvalue weighted by atomic mass is 9.95. The van der Waals surface area contributed by atoms with E-state index in [2.05, 4.69) is 0 Å². The van der Waals surface area contributed by atoms with Crippen molar-refractivity contribution in [1.29, 1.82) is 0 Å². The van der Waals surface area contributed by atoms with E-state index < -0.39 is 4.92 Å². The van der Waals surface area contributed by atoms with Crippen LogP contribution >= 0.6 is 0 Å². The van der Waals surface area contributed by atoms with Gasteiger partial charge in [-0.3, -0.25) is 10.1 Å². The average Bonchev–Trinajstić information content (AvgIpc) is 2.47. The minimum atomic E-state index is -0.402. The van der Waals surface area contributed by atoms with Crippen molar-refractivity contribution >= 4 is 5.69 Å². The number of nitro benzene ring substituents is 1. The predicted octanol–water partition coefficient (Wildman–Crippen LogP) is 3.15. The highest BCUT2D eigenvalue weighted by molar-refractivity contribution is 5.41. The Morgan fingerprint density at radius 3 is 2.71 bits per heavy atom. The number of nitro groups is 1. The van der Waals surface area contributed by atoms with Crippen molar-refractivity contribution in [2.24, 2.45) is 5.73 Å². The largest absolute Gasteiger partial charge is 0.497 e. The standard InChI is InChI=1S/C16H18N2O3/c1-11-6-7-13(18(19)20)10-15(11)16(17)9-12-4-3-5-14(8-12)21-2/h3-8,10,16H,9,17H2,1-2H3. The van der Waals surface area contributed by atoms with Gasteiger partial charge < -0.3 is 10.5 Å². The Morgan fingerprint density at radius 2 is 2.05 bits per heavy atom. The second-order valence-electron chi connectivity index (χ2n) is 4.96. The van der Waals surface area contributed by atoms with Crippen molar-refractivity contribution in [3.63, 3.8) is 0 Å². The smallest absolute Gasteiger partial charge is 0.269 e. The molecule has 0 saturated heterocycles. The van der Waals surface area contributed by atoms with Gasteiger partial charge in [0.15, 0.2) is 0 Å². The molecule has 21 heavy (non-hydrogen) atoms. The second-order valence-corrected chi connectivity index (χ2v) is 4.96. The normalized spacial score (nSPS) is 12.0. The Bertz CT molecular complexity index is 656. The first kappa shape index (κ1) is 15.0. The first-order chi connectivity index (χ1) is 10.0. The molecular formula is C16H18N2O3. The Balaban J connectivity index is 2.25. The third-order valence-electron chi connectivity index (χ3n) is 3.46. The number of hydrogen-bond donors (Lipinski definition) is 1. The van der Waals surface area contributed by atoms with E-state index in [0.717, 1.165) is 22.4 Å². The molecule has 110 valence electrons. The van der Waals surface area contributed by atoms with Crippen molar-refractivity contribution < 1.29 is 9.66 Å². The zero-order valence-electron chi connectivity index (χ0n) is 12.1. The first-order valence-corrected chi connectivity index (χ1v) is 6.64. The zero-order valence-corrected chi connectivity index (χ0v) is 12.1. The molecule has 1 unspecified atom stereocenters. The molecule has 2 aromatic rings. The Hall–Kier alpha value is -2.40. The number of methoxy groups -OCH3 is 1. The van der Waals surface area contributed by atoms with Gasteiger partial charge in [0.1, 0.15) is 5.75 Å². The first-order valence-electron chi connectivity index (χ1n) is 6.64. The number of nitrogens with two attached hydrogens (primary N) is 1. The number of non-ortho nitro benzene ring substituents is 1. The number of aryl methyl sites for hydroxylation is 1. The predicted molar refractivity (Wildman–Crippen MR) is 81.5 cm³/mol. The molecular weight excluding hydrogens is 268 g/mol. The molecule has 0 amide bonds. The molecule has 5 heteroatoms. The molecule has 0 aliphatic heterocycles. The fraction of sp³-hybridized carbons (Fsp3) is 0.250. The van der Waals surface area contributed by atoms with Crippen LogP contribution < -0.4 is 10.5 Å².